The highest BCUT2D eigenvalue weighted by Crippen LogP contribution is 2.19. The second-order valence-corrected chi connectivity index (χ2v) is 5.90. The van der Waals surface area contributed by atoms with Crippen LogP contribution in [0.5, 0.6) is 0 Å². The van der Waals surface area contributed by atoms with Crippen molar-refractivity contribution in [2.45, 2.75) is 44.2 Å². The highest BCUT2D eigenvalue weighted by Gasteiger charge is 2.32. The maximum absolute atomic E-state index is 12.3. The van der Waals surface area contributed by atoms with Crippen LogP contribution in [0.15, 0.2) is 30.3 Å². The van der Waals surface area contributed by atoms with Gasteiger partial charge in [0.25, 0.3) is 0 Å². The van der Waals surface area contributed by atoms with Crippen LogP contribution in [0.1, 0.15) is 31.7 Å². The lowest BCUT2D eigenvalue weighted by Gasteiger charge is -2.39. The smallest absolute Gasteiger partial charge is 0.410 e. The van der Waals surface area contributed by atoms with Crippen molar-refractivity contribution in [3.63, 3.8) is 0 Å². The Morgan fingerprint density at radius 3 is 2.90 bits per heavy atom. The Balaban J connectivity index is 1.92. The van der Waals surface area contributed by atoms with Crippen LogP contribution in [0.3, 0.4) is 0 Å². The SMILES string of the molecule is CCCCC1C(S)NCCN1C(=O)OCc1ccccc1. The molecule has 4 nitrogen and oxygen atoms in total. The molecular weight excluding hydrogens is 284 g/mol. The van der Waals surface area contributed by atoms with E-state index in [4.69, 9.17) is 4.74 Å². The minimum absolute atomic E-state index is 0.0228. The van der Waals surface area contributed by atoms with Gasteiger partial charge in [0, 0.05) is 13.1 Å². The van der Waals surface area contributed by atoms with Crippen molar-refractivity contribution in [2.75, 3.05) is 13.1 Å². The average Bonchev–Trinajstić information content (AvgIpc) is 2.52. The molecule has 1 aliphatic heterocycles. The van der Waals surface area contributed by atoms with E-state index in [0.717, 1.165) is 31.4 Å². The summed E-state index contributed by atoms with van der Waals surface area (Å²) < 4.78 is 5.45. The van der Waals surface area contributed by atoms with Crippen LogP contribution in [-0.4, -0.2) is 35.5 Å². The van der Waals surface area contributed by atoms with Crippen molar-refractivity contribution in [3.05, 3.63) is 35.9 Å². The summed E-state index contributed by atoms with van der Waals surface area (Å²) >= 11 is 4.56. The first-order valence-electron chi connectivity index (χ1n) is 7.61. The van der Waals surface area contributed by atoms with Crippen LogP contribution in [0.2, 0.25) is 0 Å². The zero-order valence-electron chi connectivity index (χ0n) is 12.5. The minimum atomic E-state index is -0.236. The van der Waals surface area contributed by atoms with Gasteiger partial charge in [-0.25, -0.2) is 4.79 Å². The van der Waals surface area contributed by atoms with Gasteiger partial charge in [-0.3, -0.25) is 0 Å². The lowest BCUT2D eigenvalue weighted by Crippen LogP contribution is -2.57. The third-order valence-corrected chi connectivity index (χ3v) is 4.29. The van der Waals surface area contributed by atoms with Crippen molar-refractivity contribution in [3.8, 4) is 0 Å². The Bertz CT molecular complexity index is 441. The Kier molecular flexibility index (Phi) is 6.39. The predicted molar refractivity (Wildman–Crippen MR) is 87.4 cm³/mol. The summed E-state index contributed by atoms with van der Waals surface area (Å²) in [5.74, 6) is 0. The molecule has 21 heavy (non-hydrogen) atoms. The molecule has 1 amide bonds. The number of nitrogens with zero attached hydrogens (tertiary/aromatic N) is 1. The molecule has 0 spiro atoms. The number of carbonyl (C=O) groups is 1. The molecule has 0 bridgehead atoms. The van der Waals surface area contributed by atoms with E-state index < -0.39 is 0 Å². The van der Waals surface area contributed by atoms with E-state index in [1.165, 1.54) is 0 Å². The molecule has 1 aromatic rings. The molecule has 1 saturated heterocycles. The highest BCUT2D eigenvalue weighted by molar-refractivity contribution is 7.81. The fourth-order valence-electron chi connectivity index (χ4n) is 2.56. The zero-order chi connectivity index (χ0) is 15.1. The van der Waals surface area contributed by atoms with Gasteiger partial charge in [-0.1, -0.05) is 50.1 Å². The first-order valence-corrected chi connectivity index (χ1v) is 8.12. The summed E-state index contributed by atoms with van der Waals surface area (Å²) in [6.07, 6.45) is 2.92. The van der Waals surface area contributed by atoms with E-state index in [-0.39, 0.29) is 17.5 Å². The molecule has 0 radical (unpaired) electrons. The molecule has 2 unspecified atom stereocenters. The Morgan fingerprint density at radius 1 is 1.43 bits per heavy atom. The van der Waals surface area contributed by atoms with Gasteiger partial charge >= 0.3 is 6.09 Å². The van der Waals surface area contributed by atoms with Gasteiger partial charge < -0.3 is 15.0 Å². The number of nitrogens with one attached hydrogen (secondary N) is 1. The Labute approximate surface area is 132 Å². The standard InChI is InChI=1S/C16H24N2O2S/c1-2-3-9-14-15(21)17-10-11-18(14)16(19)20-12-13-7-5-4-6-8-13/h4-8,14-15,17,21H,2-3,9-12H2,1H3. The molecular formula is C16H24N2O2S. The highest BCUT2D eigenvalue weighted by atomic mass is 32.1. The van der Waals surface area contributed by atoms with Crippen molar-refractivity contribution < 1.29 is 9.53 Å². The first-order chi connectivity index (χ1) is 10.2. The normalized spacial score (nSPS) is 22.1. The number of piperazine rings is 1. The molecule has 2 rings (SSSR count). The molecule has 2 atom stereocenters. The van der Waals surface area contributed by atoms with E-state index in [1.807, 2.05) is 35.2 Å². The topological polar surface area (TPSA) is 41.6 Å². The summed E-state index contributed by atoms with van der Waals surface area (Å²) in [4.78, 5) is 14.2. The van der Waals surface area contributed by atoms with Crippen molar-refractivity contribution in [2.24, 2.45) is 0 Å². The Hall–Kier alpha value is -1.20. The maximum Gasteiger partial charge on any atom is 0.410 e. The van der Waals surface area contributed by atoms with Crippen molar-refractivity contribution >= 4 is 18.7 Å². The molecule has 1 N–H and O–H groups in total. The van der Waals surface area contributed by atoms with Crippen LogP contribution in [-0.2, 0) is 11.3 Å². The summed E-state index contributed by atoms with van der Waals surface area (Å²) in [7, 11) is 0. The number of hydrogen-bond acceptors (Lipinski definition) is 4. The lowest BCUT2D eigenvalue weighted by molar-refractivity contribution is 0.0665. The maximum atomic E-state index is 12.3. The number of amides is 1. The second-order valence-electron chi connectivity index (χ2n) is 5.34. The molecule has 116 valence electrons. The number of carbonyl (C=O) groups excluding carboxylic acids is 1. The van der Waals surface area contributed by atoms with Gasteiger partial charge in [0.05, 0.1) is 11.4 Å². The van der Waals surface area contributed by atoms with Crippen LogP contribution in [0.4, 0.5) is 4.79 Å². The number of hydrogen-bond donors (Lipinski definition) is 2. The van der Waals surface area contributed by atoms with Crippen molar-refractivity contribution in [1.29, 1.82) is 0 Å². The number of rotatable bonds is 5. The van der Waals surface area contributed by atoms with Gasteiger partial charge in [0.2, 0.25) is 0 Å². The summed E-state index contributed by atoms with van der Waals surface area (Å²) in [6, 6.07) is 9.87. The fourth-order valence-corrected chi connectivity index (χ4v) is 3.00. The third kappa shape index (κ3) is 4.64. The van der Waals surface area contributed by atoms with Gasteiger partial charge in [-0.05, 0) is 12.0 Å². The van der Waals surface area contributed by atoms with Crippen LogP contribution in [0, 0.1) is 0 Å². The number of unbranched alkanes of at least 4 members (excludes halogenated alkanes) is 1. The van der Waals surface area contributed by atoms with E-state index in [2.05, 4.69) is 24.9 Å². The van der Waals surface area contributed by atoms with Gasteiger partial charge in [0.1, 0.15) is 6.61 Å². The minimum Gasteiger partial charge on any atom is -0.445 e. The van der Waals surface area contributed by atoms with Crippen LogP contribution in [0.25, 0.3) is 0 Å². The number of benzene rings is 1. The van der Waals surface area contributed by atoms with Gasteiger partial charge in [-0.2, -0.15) is 12.6 Å². The largest absolute Gasteiger partial charge is 0.445 e. The first kappa shape index (κ1) is 16.2. The second kappa shape index (κ2) is 8.29. The fraction of sp³-hybridized carbons (Fsp3) is 0.562. The molecule has 0 aromatic heterocycles. The molecule has 1 aliphatic rings. The molecule has 1 heterocycles. The van der Waals surface area contributed by atoms with E-state index in [1.54, 1.807) is 0 Å². The van der Waals surface area contributed by atoms with Gasteiger partial charge in [0.15, 0.2) is 0 Å². The van der Waals surface area contributed by atoms with Gasteiger partial charge in [-0.15, -0.1) is 0 Å². The molecule has 1 aromatic carbocycles. The average molecular weight is 308 g/mol. The van der Waals surface area contributed by atoms with Crippen molar-refractivity contribution in [1.82, 2.24) is 10.2 Å². The molecule has 0 aliphatic carbocycles. The summed E-state index contributed by atoms with van der Waals surface area (Å²) in [5, 5.41) is 3.34. The number of ether oxygens (including phenoxy) is 1. The van der Waals surface area contributed by atoms with Crippen LogP contribution < -0.4 is 5.32 Å². The third-order valence-electron chi connectivity index (χ3n) is 3.76. The van der Waals surface area contributed by atoms with E-state index >= 15 is 0 Å². The lowest BCUT2D eigenvalue weighted by atomic mass is 10.1. The zero-order valence-corrected chi connectivity index (χ0v) is 13.4. The molecule has 1 fully saturated rings. The quantitative estimate of drug-likeness (QED) is 0.822. The summed E-state index contributed by atoms with van der Waals surface area (Å²) in [5.41, 5.74) is 1.01. The van der Waals surface area contributed by atoms with E-state index in [9.17, 15) is 4.79 Å². The Morgan fingerprint density at radius 2 is 2.19 bits per heavy atom. The predicted octanol–water partition coefficient (Wildman–Crippen LogP) is 3.04. The number of thiol groups is 1. The van der Waals surface area contributed by atoms with Crippen LogP contribution >= 0.6 is 12.6 Å². The van der Waals surface area contributed by atoms with E-state index in [0.29, 0.717) is 13.2 Å². The molecule has 5 heteroatoms. The monoisotopic (exact) mass is 308 g/mol. The molecule has 0 saturated carbocycles. The summed E-state index contributed by atoms with van der Waals surface area (Å²) in [6.45, 7) is 3.92.